The summed E-state index contributed by atoms with van der Waals surface area (Å²) in [4.78, 5) is 25.8. The molecule has 2 aromatic rings. The minimum atomic E-state index is -5.86. The van der Waals surface area contributed by atoms with Crippen LogP contribution in [-0.4, -0.2) is 42.0 Å². The van der Waals surface area contributed by atoms with Crippen molar-refractivity contribution >= 4 is 67.8 Å². The van der Waals surface area contributed by atoms with Crippen molar-refractivity contribution < 1.29 is 35.9 Å². The van der Waals surface area contributed by atoms with Crippen molar-refractivity contribution in [2.45, 2.75) is 38.2 Å². The fourth-order valence-electron chi connectivity index (χ4n) is 3.02. The van der Waals surface area contributed by atoms with E-state index in [9.17, 15) is 35.9 Å². The van der Waals surface area contributed by atoms with Crippen LogP contribution in [0.1, 0.15) is 40.1 Å². The van der Waals surface area contributed by atoms with Gasteiger partial charge in [0.25, 0.3) is 23.9 Å². The van der Waals surface area contributed by atoms with Gasteiger partial charge in [0.15, 0.2) is 0 Å². The van der Waals surface area contributed by atoms with Crippen LogP contribution in [0.3, 0.4) is 0 Å². The first kappa shape index (κ1) is 29.7. The molecule has 0 aromatic heterocycles. The second-order valence-electron chi connectivity index (χ2n) is 7.36. The summed E-state index contributed by atoms with van der Waals surface area (Å²) in [5.41, 5.74) is -6.22. The summed E-state index contributed by atoms with van der Waals surface area (Å²) in [5, 5.41) is 5.24. The van der Waals surface area contributed by atoms with Crippen molar-refractivity contribution in [1.82, 2.24) is 5.32 Å². The highest BCUT2D eigenvalue weighted by molar-refractivity contribution is 14.1. The first-order chi connectivity index (χ1) is 16.2. The lowest BCUT2D eigenvalue weighted by Gasteiger charge is -2.27. The zero-order valence-electron chi connectivity index (χ0n) is 18.3. The molecule has 2 amide bonds. The van der Waals surface area contributed by atoms with Crippen molar-refractivity contribution in [3.63, 3.8) is 0 Å². The molecule has 0 aliphatic heterocycles. The Morgan fingerprint density at radius 1 is 1.11 bits per heavy atom. The summed E-state index contributed by atoms with van der Waals surface area (Å²) in [7, 11) is 0. The number of halogens is 8. The number of hydrogen-bond donors (Lipinski definition) is 2. The van der Waals surface area contributed by atoms with Crippen molar-refractivity contribution in [2.75, 3.05) is 16.8 Å². The van der Waals surface area contributed by atoms with E-state index in [0.717, 1.165) is 11.8 Å². The Bertz CT molecular complexity index is 1090. The van der Waals surface area contributed by atoms with E-state index in [1.54, 1.807) is 23.9 Å². The molecular weight excluding hydrogens is 677 g/mol. The first-order valence-electron chi connectivity index (χ1n) is 10.1. The van der Waals surface area contributed by atoms with Gasteiger partial charge < -0.3 is 10.6 Å². The topological polar surface area (TPSA) is 58.2 Å². The number of amides is 2. The SMILES string of the molecule is CCSC[C@H](C)NC(=O)c1c(I)cccc1C(=O)Nc1ccc(C(F)(C(F)F)C(F)(F)F)cc1Br. The largest absolute Gasteiger partial charge is 0.432 e. The van der Waals surface area contributed by atoms with E-state index in [0.29, 0.717) is 21.5 Å². The number of hydrogen-bond acceptors (Lipinski definition) is 3. The number of alkyl halides is 6. The predicted octanol–water partition coefficient (Wildman–Crippen LogP) is 7.17. The van der Waals surface area contributed by atoms with Crippen molar-refractivity contribution in [2.24, 2.45) is 0 Å². The third kappa shape index (κ3) is 6.85. The van der Waals surface area contributed by atoms with Crippen molar-refractivity contribution in [1.29, 1.82) is 0 Å². The minimum absolute atomic E-state index is 0.0107. The second-order valence-corrected chi connectivity index (χ2v) is 10.7. The number of nitrogens with one attached hydrogen (secondary N) is 2. The minimum Gasteiger partial charge on any atom is -0.349 e. The molecule has 13 heteroatoms. The molecule has 2 N–H and O–H groups in total. The lowest BCUT2D eigenvalue weighted by Crippen LogP contribution is -2.44. The van der Waals surface area contributed by atoms with Gasteiger partial charge in [-0.1, -0.05) is 19.1 Å². The molecule has 0 aliphatic carbocycles. The normalized spacial score (nSPS) is 14.4. The highest BCUT2D eigenvalue weighted by Crippen LogP contribution is 2.48. The number of thioether (sulfide) groups is 1. The lowest BCUT2D eigenvalue weighted by molar-refractivity contribution is -0.274. The lowest BCUT2D eigenvalue weighted by atomic mass is 9.95. The number of rotatable bonds is 9. The molecule has 2 atom stereocenters. The predicted molar refractivity (Wildman–Crippen MR) is 136 cm³/mol. The van der Waals surface area contributed by atoms with Gasteiger partial charge in [-0.05, 0) is 75.5 Å². The van der Waals surface area contributed by atoms with Crippen molar-refractivity contribution in [3.05, 3.63) is 61.1 Å². The Kier molecular flexibility index (Phi) is 10.3. The number of benzene rings is 2. The average molecular weight is 697 g/mol. The van der Waals surface area contributed by atoms with Gasteiger partial charge in [0, 0.05) is 25.4 Å². The fraction of sp³-hybridized carbons (Fsp3) is 0.364. The Labute approximate surface area is 224 Å². The van der Waals surface area contributed by atoms with E-state index in [2.05, 4.69) is 26.6 Å². The van der Waals surface area contributed by atoms with Gasteiger partial charge in [0.1, 0.15) is 0 Å². The van der Waals surface area contributed by atoms with Crippen LogP contribution in [-0.2, 0) is 5.67 Å². The van der Waals surface area contributed by atoms with E-state index in [-0.39, 0.29) is 27.3 Å². The monoisotopic (exact) mass is 696 g/mol. The molecule has 2 rings (SSSR count). The third-order valence-corrected chi connectivity index (χ3v) is 7.48. The average Bonchev–Trinajstić information content (AvgIpc) is 2.77. The molecular formula is C22H20BrF6IN2O2S. The summed E-state index contributed by atoms with van der Waals surface area (Å²) in [6.45, 7) is 3.80. The second kappa shape index (κ2) is 12.2. The summed E-state index contributed by atoms with van der Waals surface area (Å²) in [6, 6.07) is 6.33. The van der Waals surface area contributed by atoms with Gasteiger partial charge in [-0.3, -0.25) is 9.59 Å². The van der Waals surface area contributed by atoms with Crippen molar-refractivity contribution in [3.8, 4) is 0 Å². The molecule has 0 spiro atoms. The molecule has 0 radical (unpaired) electrons. The number of carbonyl (C=O) groups excluding carboxylic acids is 2. The maximum absolute atomic E-state index is 14.3. The maximum Gasteiger partial charge on any atom is 0.432 e. The summed E-state index contributed by atoms with van der Waals surface area (Å²) in [5.74, 6) is 0.282. The summed E-state index contributed by atoms with van der Waals surface area (Å²) >= 11 is 6.43. The molecule has 0 heterocycles. The highest BCUT2D eigenvalue weighted by atomic mass is 127. The Morgan fingerprint density at radius 3 is 2.31 bits per heavy atom. The zero-order valence-corrected chi connectivity index (χ0v) is 22.8. The first-order valence-corrected chi connectivity index (χ1v) is 13.1. The maximum atomic E-state index is 14.3. The molecule has 192 valence electrons. The molecule has 0 bridgehead atoms. The highest BCUT2D eigenvalue weighted by Gasteiger charge is 2.64. The van der Waals surface area contributed by atoms with E-state index >= 15 is 0 Å². The van der Waals surface area contributed by atoms with E-state index in [1.165, 1.54) is 6.07 Å². The van der Waals surface area contributed by atoms with Gasteiger partial charge in [-0.15, -0.1) is 0 Å². The Balaban J connectivity index is 2.34. The van der Waals surface area contributed by atoms with Crippen LogP contribution in [0.5, 0.6) is 0 Å². The van der Waals surface area contributed by atoms with E-state index < -0.39 is 35.6 Å². The molecule has 0 aliphatic rings. The smallest absolute Gasteiger partial charge is 0.349 e. The standard InChI is InChI=1S/C22H20BrF6IN2O2S/c1-3-35-10-11(2)31-19(34)17-13(5-4-6-15(17)30)18(33)32-16-8-7-12(9-14(16)23)21(26,20(24)25)22(27,28)29/h4-9,11,20H,3,10H2,1-2H3,(H,31,34)(H,32,33)/t11-,21?/m0/s1. The van der Waals surface area contributed by atoms with Crippen LogP contribution in [0, 0.1) is 3.57 Å². The zero-order chi connectivity index (χ0) is 26.6. The molecule has 0 saturated carbocycles. The number of carbonyl (C=O) groups is 2. The molecule has 4 nitrogen and oxygen atoms in total. The Morgan fingerprint density at radius 2 is 1.77 bits per heavy atom. The van der Waals surface area contributed by atoms with Crippen LogP contribution in [0.2, 0.25) is 0 Å². The third-order valence-electron chi connectivity index (χ3n) is 4.79. The summed E-state index contributed by atoms with van der Waals surface area (Å²) in [6.07, 6.45) is -10.2. The van der Waals surface area contributed by atoms with Crippen LogP contribution in [0.25, 0.3) is 0 Å². The van der Waals surface area contributed by atoms with Crippen LogP contribution >= 0.6 is 50.3 Å². The van der Waals surface area contributed by atoms with Gasteiger partial charge in [0.2, 0.25) is 0 Å². The van der Waals surface area contributed by atoms with Crippen LogP contribution < -0.4 is 10.6 Å². The molecule has 2 aromatic carbocycles. The molecule has 0 saturated heterocycles. The van der Waals surface area contributed by atoms with E-state index in [1.807, 2.05) is 36.4 Å². The quantitative estimate of drug-likeness (QED) is 0.216. The number of anilines is 1. The Hall–Kier alpha value is -1.48. The fourth-order valence-corrected chi connectivity index (χ4v) is 4.92. The van der Waals surface area contributed by atoms with Gasteiger partial charge >= 0.3 is 6.18 Å². The van der Waals surface area contributed by atoms with Crippen LogP contribution in [0.15, 0.2) is 40.9 Å². The summed E-state index contributed by atoms with van der Waals surface area (Å²) < 4.78 is 79.7. The molecule has 35 heavy (non-hydrogen) atoms. The van der Waals surface area contributed by atoms with Gasteiger partial charge in [-0.25, -0.2) is 13.2 Å². The van der Waals surface area contributed by atoms with Gasteiger partial charge in [0.05, 0.1) is 16.8 Å². The van der Waals surface area contributed by atoms with E-state index in [4.69, 9.17) is 0 Å². The van der Waals surface area contributed by atoms with Crippen LogP contribution in [0.4, 0.5) is 32.0 Å². The molecule has 0 fully saturated rings. The molecule has 1 unspecified atom stereocenters. The van der Waals surface area contributed by atoms with Gasteiger partial charge in [-0.2, -0.15) is 24.9 Å².